The summed E-state index contributed by atoms with van der Waals surface area (Å²) in [6, 6.07) is 9.26. The van der Waals surface area contributed by atoms with Gasteiger partial charge in [-0.1, -0.05) is 54.4 Å². The van der Waals surface area contributed by atoms with Crippen LogP contribution >= 0.6 is 15.9 Å². The number of nitrogens with one attached hydrogen (secondary N) is 2. The predicted molar refractivity (Wildman–Crippen MR) is 90.3 cm³/mol. The molecule has 112 valence electrons. The van der Waals surface area contributed by atoms with E-state index in [9.17, 15) is 0 Å². The first-order chi connectivity index (χ1) is 9.59. The summed E-state index contributed by atoms with van der Waals surface area (Å²) in [5.74, 6) is 0. The van der Waals surface area contributed by atoms with Crippen molar-refractivity contribution in [1.29, 1.82) is 0 Å². The van der Waals surface area contributed by atoms with Gasteiger partial charge in [-0.05, 0) is 44.0 Å². The summed E-state index contributed by atoms with van der Waals surface area (Å²) in [5, 5.41) is 7.25. The van der Waals surface area contributed by atoms with E-state index < -0.39 is 0 Å². The minimum absolute atomic E-state index is 0.153. The SMILES string of the molecule is CC(C)(CNCCC1CCCCN1)c1ccccc1Br. The quantitative estimate of drug-likeness (QED) is 0.770. The predicted octanol–water partition coefficient (Wildman–Crippen LogP) is 3.85. The number of hydrogen-bond acceptors (Lipinski definition) is 2. The number of halogens is 1. The Morgan fingerprint density at radius 3 is 2.80 bits per heavy atom. The fraction of sp³-hybridized carbons (Fsp3) is 0.647. The lowest BCUT2D eigenvalue weighted by molar-refractivity contribution is 0.368. The highest BCUT2D eigenvalue weighted by Gasteiger charge is 2.22. The first-order valence-electron chi connectivity index (χ1n) is 7.79. The van der Waals surface area contributed by atoms with Crippen LogP contribution < -0.4 is 10.6 Å². The summed E-state index contributed by atoms with van der Waals surface area (Å²) in [5.41, 5.74) is 1.53. The second-order valence-corrected chi connectivity index (χ2v) is 7.33. The van der Waals surface area contributed by atoms with Crippen molar-refractivity contribution < 1.29 is 0 Å². The molecule has 1 saturated heterocycles. The Bertz CT molecular complexity index is 411. The van der Waals surface area contributed by atoms with Crippen LogP contribution in [0.3, 0.4) is 0 Å². The Kier molecular flexibility index (Phi) is 6.06. The minimum Gasteiger partial charge on any atom is -0.316 e. The van der Waals surface area contributed by atoms with Gasteiger partial charge >= 0.3 is 0 Å². The molecule has 1 fully saturated rings. The van der Waals surface area contributed by atoms with Crippen LogP contribution in [0.25, 0.3) is 0 Å². The van der Waals surface area contributed by atoms with E-state index in [1.165, 1.54) is 42.3 Å². The van der Waals surface area contributed by atoms with Crippen LogP contribution in [0.1, 0.15) is 45.1 Å². The summed E-state index contributed by atoms with van der Waals surface area (Å²) in [6.45, 7) is 7.93. The zero-order chi connectivity index (χ0) is 14.4. The van der Waals surface area contributed by atoms with Gasteiger partial charge in [0.05, 0.1) is 0 Å². The molecule has 0 spiro atoms. The third-order valence-corrected chi connectivity index (χ3v) is 4.94. The first kappa shape index (κ1) is 16.0. The van der Waals surface area contributed by atoms with Gasteiger partial charge < -0.3 is 10.6 Å². The lowest BCUT2D eigenvalue weighted by Gasteiger charge is -2.28. The van der Waals surface area contributed by atoms with Crippen molar-refractivity contribution in [1.82, 2.24) is 10.6 Å². The fourth-order valence-corrected chi connectivity index (χ4v) is 3.77. The lowest BCUT2D eigenvalue weighted by Crippen LogP contribution is -2.39. The van der Waals surface area contributed by atoms with Crippen molar-refractivity contribution in [2.24, 2.45) is 0 Å². The Morgan fingerprint density at radius 2 is 2.10 bits per heavy atom. The molecule has 0 aliphatic carbocycles. The normalized spacial score (nSPS) is 20.1. The van der Waals surface area contributed by atoms with Crippen LogP contribution in [0.5, 0.6) is 0 Å². The van der Waals surface area contributed by atoms with Gasteiger partial charge in [0.1, 0.15) is 0 Å². The van der Waals surface area contributed by atoms with E-state index in [2.05, 4.69) is 64.7 Å². The average molecular weight is 339 g/mol. The van der Waals surface area contributed by atoms with Gasteiger partial charge in [0, 0.05) is 22.5 Å². The third kappa shape index (κ3) is 4.57. The maximum absolute atomic E-state index is 3.67. The van der Waals surface area contributed by atoms with Gasteiger partial charge in [0.15, 0.2) is 0 Å². The first-order valence-corrected chi connectivity index (χ1v) is 8.58. The molecule has 0 bridgehead atoms. The van der Waals surface area contributed by atoms with E-state index in [1.54, 1.807) is 0 Å². The van der Waals surface area contributed by atoms with Crippen molar-refractivity contribution in [3.63, 3.8) is 0 Å². The summed E-state index contributed by atoms with van der Waals surface area (Å²) < 4.78 is 1.21. The highest BCUT2D eigenvalue weighted by molar-refractivity contribution is 9.10. The number of hydrogen-bond donors (Lipinski definition) is 2. The van der Waals surface area contributed by atoms with Gasteiger partial charge in [0.25, 0.3) is 0 Å². The van der Waals surface area contributed by atoms with Crippen LogP contribution in [-0.4, -0.2) is 25.7 Å². The Morgan fingerprint density at radius 1 is 1.30 bits per heavy atom. The van der Waals surface area contributed by atoms with Crippen molar-refractivity contribution in [3.8, 4) is 0 Å². The fourth-order valence-electron chi connectivity index (χ4n) is 2.95. The summed E-state index contributed by atoms with van der Waals surface area (Å²) in [7, 11) is 0. The number of rotatable bonds is 6. The van der Waals surface area contributed by atoms with Crippen LogP contribution in [0, 0.1) is 0 Å². The van der Waals surface area contributed by atoms with Gasteiger partial charge in [-0.2, -0.15) is 0 Å². The second kappa shape index (κ2) is 7.58. The molecule has 2 rings (SSSR count). The lowest BCUT2D eigenvalue weighted by atomic mass is 9.84. The molecule has 1 unspecified atom stereocenters. The molecule has 1 aromatic carbocycles. The van der Waals surface area contributed by atoms with E-state index in [-0.39, 0.29) is 5.41 Å². The summed E-state index contributed by atoms with van der Waals surface area (Å²) >= 11 is 3.67. The van der Waals surface area contributed by atoms with Crippen LogP contribution in [0.2, 0.25) is 0 Å². The van der Waals surface area contributed by atoms with Crippen molar-refractivity contribution in [3.05, 3.63) is 34.3 Å². The van der Waals surface area contributed by atoms with Crippen LogP contribution in [0.4, 0.5) is 0 Å². The molecule has 1 aliphatic rings. The minimum atomic E-state index is 0.153. The van der Waals surface area contributed by atoms with Crippen LogP contribution in [0.15, 0.2) is 28.7 Å². The van der Waals surface area contributed by atoms with Gasteiger partial charge in [-0.15, -0.1) is 0 Å². The molecule has 1 atom stereocenters. The van der Waals surface area contributed by atoms with E-state index in [0.29, 0.717) is 0 Å². The summed E-state index contributed by atoms with van der Waals surface area (Å²) in [6.07, 6.45) is 5.32. The molecular weight excluding hydrogens is 312 g/mol. The zero-order valence-corrected chi connectivity index (χ0v) is 14.3. The molecule has 1 aromatic rings. The maximum Gasteiger partial charge on any atom is 0.0213 e. The van der Waals surface area contributed by atoms with E-state index in [4.69, 9.17) is 0 Å². The Hall–Kier alpha value is -0.380. The molecule has 20 heavy (non-hydrogen) atoms. The molecule has 0 saturated carbocycles. The molecule has 0 radical (unpaired) electrons. The second-order valence-electron chi connectivity index (χ2n) is 6.48. The van der Waals surface area contributed by atoms with Crippen molar-refractivity contribution in [2.45, 2.75) is 51.0 Å². The van der Waals surface area contributed by atoms with Crippen LogP contribution in [-0.2, 0) is 5.41 Å². The third-order valence-electron chi connectivity index (χ3n) is 4.25. The molecule has 2 nitrogen and oxygen atoms in total. The van der Waals surface area contributed by atoms with Crippen molar-refractivity contribution in [2.75, 3.05) is 19.6 Å². The van der Waals surface area contributed by atoms with Gasteiger partial charge in [0.2, 0.25) is 0 Å². The monoisotopic (exact) mass is 338 g/mol. The van der Waals surface area contributed by atoms with E-state index >= 15 is 0 Å². The van der Waals surface area contributed by atoms with Gasteiger partial charge in [-0.25, -0.2) is 0 Å². The maximum atomic E-state index is 3.67. The summed E-state index contributed by atoms with van der Waals surface area (Å²) in [4.78, 5) is 0. The molecular formula is C17H27BrN2. The van der Waals surface area contributed by atoms with E-state index in [0.717, 1.165) is 19.1 Å². The number of piperidine rings is 1. The standard InChI is InChI=1S/C17H27BrN2/c1-17(2,15-8-3-4-9-16(15)18)13-19-12-10-14-7-5-6-11-20-14/h3-4,8-9,14,19-20H,5-7,10-13H2,1-2H3. The highest BCUT2D eigenvalue weighted by Crippen LogP contribution is 2.29. The van der Waals surface area contributed by atoms with Gasteiger partial charge in [-0.3, -0.25) is 0 Å². The largest absolute Gasteiger partial charge is 0.316 e. The molecule has 2 N–H and O–H groups in total. The highest BCUT2D eigenvalue weighted by atomic mass is 79.9. The number of benzene rings is 1. The van der Waals surface area contributed by atoms with E-state index in [1.807, 2.05) is 0 Å². The smallest absolute Gasteiger partial charge is 0.0213 e. The molecule has 0 amide bonds. The Balaban J connectivity index is 1.76. The topological polar surface area (TPSA) is 24.1 Å². The molecule has 0 aromatic heterocycles. The Labute approximate surface area is 131 Å². The zero-order valence-electron chi connectivity index (χ0n) is 12.7. The van der Waals surface area contributed by atoms with Crippen molar-refractivity contribution >= 4 is 15.9 Å². The molecule has 1 heterocycles. The molecule has 3 heteroatoms. The molecule has 1 aliphatic heterocycles. The average Bonchev–Trinajstić information content (AvgIpc) is 2.45.